The molecule has 1 aromatic heterocycles. The van der Waals surface area contributed by atoms with Gasteiger partial charge in [0.1, 0.15) is 0 Å². The summed E-state index contributed by atoms with van der Waals surface area (Å²) in [5.74, 6) is 0. The zero-order valence-corrected chi connectivity index (χ0v) is 5.82. The Bertz CT molecular complexity index is 168. The van der Waals surface area contributed by atoms with Gasteiger partial charge in [0.05, 0.1) is 0 Å². The summed E-state index contributed by atoms with van der Waals surface area (Å²) in [7, 11) is 1.59. The van der Waals surface area contributed by atoms with E-state index in [2.05, 4.69) is 0 Å². The average Bonchev–Trinajstić information content (AvgIpc) is 2.34. The van der Waals surface area contributed by atoms with Gasteiger partial charge in [-0.25, -0.2) is 0 Å². The number of rotatable bonds is 2. The predicted octanol–water partition coefficient (Wildman–Crippen LogP) is -0.590. The molecular formula is C5H8BN2S. The summed E-state index contributed by atoms with van der Waals surface area (Å²) in [5.41, 5.74) is 10.6. The summed E-state index contributed by atoms with van der Waals surface area (Å²) in [6.07, 6.45) is 0. The third kappa shape index (κ3) is 1.54. The van der Waals surface area contributed by atoms with Crippen LogP contribution in [0.5, 0.6) is 0 Å². The Morgan fingerprint density at radius 1 is 1.56 bits per heavy atom. The molecule has 0 aliphatic heterocycles. The highest BCUT2D eigenvalue weighted by molar-refractivity contribution is 7.21. The van der Waals surface area contributed by atoms with Gasteiger partial charge in [-0.15, -0.1) is 0 Å². The zero-order chi connectivity index (χ0) is 6.69. The van der Waals surface area contributed by atoms with E-state index >= 15 is 0 Å². The van der Waals surface area contributed by atoms with Gasteiger partial charge in [-0.3, -0.25) is 0 Å². The fraction of sp³-hybridized carbons (Fsp3) is 0.200. The van der Waals surface area contributed by atoms with Crippen LogP contribution in [0.4, 0.5) is 0 Å². The molecule has 2 nitrogen and oxygen atoms in total. The van der Waals surface area contributed by atoms with Gasteiger partial charge in [0.15, 0.2) is 0 Å². The lowest BCUT2D eigenvalue weighted by Gasteiger charge is -1.83. The van der Waals surface area contributed by atoms with Crippen molar-refractivity contribution in [3.63, 3.8) is 0 Å². The Morgan fingerprint density at radius 2 is 2.33 bits per heavy atom. The van der Waals surface area contributed by atoms with Crippen molar-refractivity contribution < 1.29 is 0 Å². The van der Waals surface area contributed by atoms with Crippen LogP contribution in [0, 0.1) is 0 Å². The lowest BCUT2D eigenvalue weighted by molar-refractivity contribution is 1.11. The van der Waals surface area contributed by atoms with Crippen molar-refractivity contribution in [1.82, 2.24) is 0 Å². The quantitative estimate of drug-likeness (QED) is 0.538. The molecule has 0 saturated carbocycles. The number of hydrogen-bond donors (Lipinski definition) is 2. The molecule has 0 bridgehead atoms. The molecule has 0 aromatic carbocycles. The molecule has 9 heavy (non-hydrogen) atoms. The fourth-order valence-electron chi connectivity index (χ4n) is 0.594. The van der Waals surface area contributed by atoms with Gasteiger partial charge in [-0.05, 0) is 10.8 Å². The minimum atomic E-state index is 0.610. The van der Waals surface area contributed by atoms with Crippen LogP contribution in [0.3, 0.4) is 0 Å². The van der Waals surface area contributed by atoms with E-state index < -0.39 is 0 Å². The third-order valence-electron chi connectivity index (χ3n) is 1.05. The predicted molar refractivity (Wildman–Crippen MR) is 41.8 cm³/mol. The minimum absolute atomic E-state index is 0.610. The van der Waals surface area contributed by atoms with Crippen molar-refractivity contribution in [1.29, 1.82) is 0 Å². The van der Waals surface area contributed by atoms with E-state index in [0.29, 0.717) is 6.54 Å². The van der Waals surface area contributed by atoms with Gasteiger partial charge < -0.3 is 11.4 Å². The van der Waals surface area contributed by atoms with Crippen LogP contribution in [0.25, 0.3) is 0 Å². The van der Waals surface area contributed by atoms with Crippen molar-refractivity contribution >= 4 is 23.5 Å². The molecule has 0 atom stereocenters. The van der Waals surface area contributed by atoms with Crippen LogP contribution in [-0.2, 0) is 6.54 Å². The molecule has 4 heteroatoms. The van der Waals surface area contributed by atoms with Crippen LogP contribution >= 0.6 is 11.3 Å². The summed E-state index contributed by atoms with van der Waals surface area (Å²) in [6, 6.07) is 3.95. The molecule has 0 fully saturated rings. The summed E-state index contributed by atoms with van der Waals surface area (Å²) in [4.78, 5) is 1.17. The lowest BCUT2D eigenvalue weighted by atomic mass is 9.95. The summed E-state index contributed by atoms with van der Waals surface area (Å²) in [5, 5.41) is 0. The number of thiophene rings is 1. The maximum Gasteiger partial charge on any atom is 0.255 e. The highest BCUT2D eigenvalue weighted by Crippen LogP contribution is 2.02. The SMILES string of the molecule is N[B]c1ccc(CN)s1. The molecule has 1 radical (unpaired) electrons. The molecular weight excluding hydrogens is 131 g/mol. The second-order valence-corrected chi connectivity index (χ2v) is 2.87. The molecule has 0 aliphatic carbocycles. The zero-order valence-electron chi connectivity index (χ0n) is 5.00. The topological polar surface area (TPSA) is 52.0 Å². The molecule has 0 spiro atoms. The molecule has 1 aromatic rings. The van der Waals surface area contributed by atoms with E-state index in [1.165, 1.54) is 4.88 Å². The number of nitrogens with two attached hydrogens (primary N) is 2. The molecule has 47 valence electrons. The fourth-order valence-corrected chi connectivity index (χ4v) is 1.32. The lowest BCUT2D eigenvalue weighted by Crippen LogP contribution is -2.18. The van der Waals surface area contributed by atoms with E-state index in [9.17, 15) is 0 Å². The summed E-state index contributed by atoms with van der Waals surface area (Å²) in [6.45, 7) is 0.610. The first-order chi connectivity index (χ1) is 4.36. The highest BCUT2D eigenvalue weighted by Gasteiger charge is 1.95. The van der Waals surface area contributed by atoms with Crippen LogP contribution in [0.1, 0.15) is 4.88 Å². The monoisotopic (exact) mass is 139 g/mol. The van der Waals surface area contributed by atoms with Crippen molar-refractivity contribution in [3.05, 3.63) is 17.0 Å². The van der Waals surface area contributed by atoms with Gasteiger partial charge in [0.2, 0.25) is 0 Å². The van der Waals surface area contributed by atoms with Crippen LogP contribution in [0.15, 0.2) is 12.1 Å². The molecule has 0 aliphatic rings. The Kier molecular flexibility index (Phi) is 2.27. The molecule has 0 saturated heterocycles. The van der Waals surface area contributed by atoms with Crippen LogP contribution < -0.4 is 16.2 Å². The maximum atomic E-state index is 5.37. The Balaban J connectivity index is 2.74. The normalized spacial score (nSPS) is 9.56. The number of hydrogen-bond acceptors (Lipinski definition) is 3. The first-order valence-corrected chi connectivity index (χ1v) is 3.52. The highest BCUT2D eigenvalue weighted by atomic mass is 32.1. The first-order valence-electron chi connectivity index (χ1n) is 2.70. The summed E-state index contributed by atoms with van der Waals surface area (Å²) < 4.78 is 1.08. The average molecular weight is 139 g/mol. The van der Waals surface area contributed by atoms with Crippen molar-refractivity contribution in [3.8, 4) is 0 Å². The van der Waals surface area contributed by atoms with Crippen molar-refractivity contribution in [2.45, 2.75) is 6.54 Å². The first kappa shape index (κ1) is 6.80. The third-order valence-corrected chi connectivity index (χ3v) is 2.12. The van der Waals surface area contributed by atoms with E-state index in [1.54, 1.807) is 18.8 Å². The van der Waals surface area contributed by atoms with Crippen molar-refractivity contribution in [2.24, 2.45) is 11.4 Å². The largest absolute Gasteiger partial charge is 0.369 e. The molecule has 1 heterocycles. The molecule has 0 unspecified atom stereocenters. The van der Waals surface area contributed by atoms with Crippen LogP contribution in [-0.4, -0.2) is 7.41 Å². The summed E-state index contributed by atoms with van der Waals surface area (Å²) >= 11 is 1.63. The second-order valence-electron chi connectivity index (χ2n) is 1.67. The molecule has 0 amide bonds. The Labute approximate surface area is 59.1 Å². The van der Waals surface area contributed by atoms with Gasteiger partial charge in [-0.1, -0.05) is 6.07 Å². The van der Waals surface area contributed by atoms with E-state index in [4.69, 9.17) is 11.4 Å². The minimum Gasteiger partial charge on any atom is -0.369 e. The van der Waals surface area contributed by atoms with E-state index in [0.717, 1.165) is 4.78 Å². The van der Waals surface area contributed by atoms with E-state index in [1.807, 2.05) is 12.1 Å². The van der Waals surface area contributed by atoms with Gasteiger partial charge >= 0.3 is 0 Å². The van der Waals surface area contributed by atoms with Gasteiger partial charge in [0, 0.05) is 11.4 Å². The van der Waals surface area contributed by atoms with Crippen LogP contribution in [0.2, 0.25) is 0 Å². The van der Waals surface area contributed by atoms with Gasteiger partial charge in [0.25, 0.3) is 7.41 Å². The van der Waals surface area contributed by atoms with E-state index in [-0.39, 0.29) is 0 Å². The standard InChI is InChI=1S/C5H8BN2S/c7-3-4-1-2-5(6-8)9-4/h1-2H,3,7-8H2. The smallest absolute Gasteiger partial charge is 0.255 e. The molecule has 1 rings (SSSR count). The second kappa shape index (κ2) is 3.01. The van der Waals surface area contributed by atoms with Crippen molar-refractivity contribution in [2.75, 3.05) is 0 Å². The Morgan fingerprint density at radius 3 is 2.67 bits per heavy atom. The van der Waals surface area contributed by atoms with Gasteiger partial charge in [-0.2, -0.15) is 11.3 Å². The maximum absolute atomic E-state index is 5.37. The molecule has 4 N–H and O–H groups in total. The Hall–Kier alpha value is -0.315.